The second-order valence-electron chi connectivity index (χ2n) is 7.42. The lowest BCUT2D eigenvalue weighted by atomic mass is 9.85. The standard InChI is InChI=1S/C19H27N5OS/c1-15-5-2-3-7-17(15)24-18(16-6-4-8-20-13-16)21-23(19(24)26)14-22-9-11-25-12-10-22/h4,6,8,13,15,17H,2-3,5,7,9-12,14H2,1H3/t15-,17+/m1/s1. The van der Waals surface area contributed by atoms with E-state index in [2.05, 4.69) is 27.4 Å². The maximum absolute atomic E-state index is 5.90. The number of morpholine rings is 1. The SMILES string of the molecule is C[C@@H]1CCCC[C@@H]1n1c(-c2cccnc2)nn(CN2CCOCC2)c1=S. The van der Waals surface area contributed by atoms with Crippen LogP contribution >= 0.6 is 12.2 Å². The molecule has 1 saturated carbocycles. The zero-order valence-corrected chi connectivity index (χ0v) is 16.2. The summed E-state index contributed by atoms with van der Waals surface area (Å²) < 4.78 is 10.6. The van der Waals surface area contributed by atoms with Crippen LogP contribution in [0.2, 0.25) is 0 Å². The maximum Gasteiger partial charge on any atom is 0.199 e. The summed E-state index contributed by atoms with van der Waals surface area (Å²) in [5.41, 5.74) is 1.04. The summed E-state index contributed by atoms with van der Waals surface area (Å²) in [5.74, 6) is 1.57. The van der Waals surface area contributed by atoms with Crippen molar-refractivity contribution in [2.45, 2.75) is 45.3 Å². The molecule has 2 aromatic heterocycles. The first kappa shape index (κ1) is 17.8. The molecule has 4 rings (SSSR count). The van der Waals surface area contributed by atoms with Gasteiger partial charge in [-0.25, -0.2) is 4.68 Å². The van der Waals surface area contributed by atoms with Crippen LogP contribution in [0.25, 0.3) is 11.4 Å². The molecule has 26 heavy (non-hydrogen) atoms. The Balaban J connectivity index is 1.73. The molecule has 1 aliphatic carbocycles. The third-order valence-electron chi connectivity index (χ3n) is 5.63. The van der Waals surface area contributed by atoms with Gasteiger partial charge < -0.3 is 4.74 Å². The number of rotatable bonds is 4. The third kappa shape index (κ3) is 3.61. The number of pyridine rings is 1. The quantitative estimate of drug-likeness (QED) is 0.768. The van der Waals surface area contributed by atoms with Crippen LogP contribution in [0.4, 0.5) is 0 Å². The summed E-state index contributed by atoms with van der Waals surface area (Å²) in [5, 5.41) is 4.94. The van der Waals surface area contributed by atoms with Crippen LogP contribution in [-0.2, 0) is 11.4 Å². The fourth-order valence-electron chi connectivity index (χ4n) is 4.12. The van der Waals surface area contributed by atoms with E-state index < -0.39 is 0 Å². The molecular weight excluding hydrogens is 346 g/mol. The van der Waals surface area contributed by atoms with Gasteiger partial charge in [-0.15, -0.1) is 0 Å². The van der Waals surface area contributed by atoms with Crippen LogP contribution < -0.4 is 0 Å². The second-order valence-corrected chi connectivity index (χ2v) is 7.78. The summed E-state index contributed by atoms with van der Waals surface area (Å²) in [7, 11) is 0. The van der Waals surface area contributed by atoms with Gasteiger partial charge in [-0.05, 0) is 43.1 Å². The minimum atomic E-state index is 0.421. The molecule has 140 valence electrons. The number of nitrogens with zero attached hydrogens (tertiary/aromatic N) is 5. The van der Waals surface area contributed by atoms with Crippen LogP contribution in [0.3, 0.4) is 0 Å². The monoisotopic (exact) mass is 373 g/mol. The van der Waals surface area contributed by atoms with Gasteiger partial charge in [0.15, 0.2) is 10.6 Å². The molecule has 0 aromatic carbocycles. The lowest BCUT2D eigenvalue weighted by Gasteiger charge is -2.30. The molecule has 2 aliphatic rings. The van der Waals surface area contributed by atoms with Gasteiger partial charge in [-0.2, -0.15) is 5.10 Å². The van der Waals surface area contributed by atoms with E-state index in [1.165, 1.54) is 25.7 Å². The molecular formula is C19H27N5OS. The summed E-state index contributed by atoms with van der Waals surface area (Å²) >= 11 is 5.90. The number of hydrogen-bond donors (Lipinski definition) is 0. The smallest absolute Gasteiger partial charge is 0.199 e. The molecule has 1 aliphatic heterocycles. The molecule has 2 aromatic rings. The van der Waals surface area contributed by atoms with E-state index >= 15 is 0 Å². The molecule has 0 amide bonds. The van der Waals surface area contributed by atoms with Crippen LogP contribution in [0.15, 0.2) is 24.5 Å². The van der Waals surface area contributed by atoms with E-state index in [-0.39, 0.29) is 0 Å². The fourth-order valence-corrected chi connectivity index (χ4v) is 4.44. The Morgan fingerprint density at radius 3 is 2.77 bits per heavy atom. The van der Waals surface area contributed by atoms with E-state index in [9.17, 15) is 0 Å². The average molecular weight is 374 g/mol. The molecule has 1 saturated heterocycles. The summed E-state index contributed by atoms with van der Waals surface area (Å²) in [4.78, 5) is 6.65. The van der Waals surface area contributed by atoms with Crippen molar-refractivity contribution < 1.29 is 4.74 Å². The topological polar surface area (TPSA) is 48.1 Å². The van der Waals surface area contributed by atoms with Crippen molar-refractivity contribution in [1.29, 1.82) is 0 Å². The second kappa shape index (κ2) is 7.98. The van der Waals surface area contributed by atoms with Gasteiger partial charge in [0.25, 0.3) is 0 Å². The summed E-state index contributed by atoms with van der Waals surface area (Å²) in [6, 6.07) is 4.46. The molecule has 7 heteroatoms. The molecule has 3 heterocycles. The normalized spacial score (nSPS) is 24.7. The Hall–Kier alpha value is -1.57. The lowest BCUT2D eigenvalue weighted by Crippen LogP contribution is -2.37. The van der Waals surface area contributed by atoms with E-state index in [1.807, 2.05) is 16.9 Å². The predicted octanol–water partition coefficient (Wildman–Crippen LogP) is 3.52. The summed E-state index contributed by atoms with van der Waals surface area (Å²) in [6.07, 6.45) is 8.70. The van der Waals surface area contributed by atoms with E-state index in [0.29, 0.717) is 12.0 Å². The van der Waals surface area contributed by atoms with Gasteiger partial charge in [0.1, 0.15) is 0 Å². The van der Waals surface area contributed by atoms with Gasteiger partial charge in [0.2, 0.25) is 0 Å². The van der Waals surface area contributed by atoms with Crippen molar-refractivity contribution in [3.05, 3.63) is 29.3 Å². The van der Waals surface area contributed by atoms with Gasteiger partial charge in [-0.1, -0.05) is 19.8 Å². The predicted molar refractivity (Wildman–Crippen MR) is 103 cm³/mol. The Morgan fingerprint density at radius 2 is 2.04 bits per heavy atom. The van der Waals surface area contributed by atoms with Crippen LogP contribution in [0.1, 0.15) is 38.6 Å². The Labute approximate surface area is 159 Å². The molecule has 0 radical (unpaired) electrons. The average Bonchev–Trinajstić information content (AvgIpc) is 3.00. The third-order valence-corrected chi connectivity index (χ3v) is 6.03. The van der Waals surface area contributed by atoms with Gasteiger partial charge in [0, 0.05) is 37.1 Å². The highest BCUT2D eigenvalue weighted by Crippen LogP contribution is 2.36. The number of hydrogen-bond acceptors (Lipinski definition) is 5. The van der Waals surface area contributed by atoms with E-state index in [0.717, 1.165) is 49.1 Å². The summed E-state index contributed by atoms with van der Waals surface area (Å²) in [6.45, 7) is 6.49. The highest BCUT2D eigenvalue weighted by Gasteiger charge is 2.28. The highest BCUT2D eigenvalue weighted by atomic mass is 32.1. The molecule has 0 unspecified atom stereocenters. The zero-order valence-electron chi connectivity index (χ0n) is 15.4. The van der Waals surface area contributed by atoms with Crippen molar-refractivity contribution in [1.82, 2.24) is 24.2 Å². The van der Waals surface area contributed by atoms with Crippen LogP contribution in [-0.4, -0.2) is 50.5 Å². The Morgan fingerprint density at radius 1 is 1.23 bits per heavy atom. The number of ether oxygens (including phenoxy) is 1. The first-order chi connectivity index (χ1) is 12.7. The molecule has 2 fully saturated rings. The van der Waals surface area contributed by atoms with Gasteiger partial charge >= 0.3 is 0 Å². The fraction of sp³-hybridized carbons (Fsp3) is 0.632. The van der Waals surface area contributed by atoms with Gasteiger partial charge in [-0.3, -0.25) is 14.5 Å². The molecule has 6 nitrogen and oxygen atoms in total. The molecule has 0 N–H and O–H groups in total. The van der Waals surface area contributed by atoms with Crippen LogP contribution in [0.5, 0.6) is 0 Å². The first-order valence-electron chi connectivity index (χ1n) is 9.64. The minimum Gasteiger partial charge on any atom is -0.379 e. The highest BCUT2D eigenvalue weighted by molar-refractivity contribution is 7.71. The first-order valence-corrected chi connectivity index (χ1v) is 10.0. The minimum absolute atomic E-state index is 0.421. The van der Waals surface area contributed by atoms with Gasteiger partial charge in [0.05, 0.1) is 19.9 Å². The van der Waals surface area contributed by atoms with Crippen molar-refractivity contribution in [2.24, 2.45) is 5.92 Å². The maximum atomic E-state index is 5.90. The molecule has 0 spiro atoms. The number of aromatic nitrogens is 4. The van der Waals surface area contributed by atoms with Crippen molar-refractivity contribution in [3.8, 4) is 11.4 Å². The van der Waals surface area contributed by atoms with E-state index in [4.69, 9.17) is 22.1 Å². The van der Waals surface area contributed by atoms with Crippen molar-refractivity contribution >= 4 is 12.2 Å². The Bertz CT molecular complexity index is 781. The zero-order chi connectivity index (χ0) is 17.9. The Kier molecular flexibility index (Phi) is 5.47. The van der Waals surface area contributed by atoms with Crippen molar-refractivity contribution in [2.75, 3.05) is 26.3 Å². The van der Waals surface area contributed by atoms with Crippen molar-refractivity contribution in [3.63, 3.8) is 0 Å². The van der Waals surface area contributed by atoms with Crippen LogP contribution in [0, 0.1) is 10.7 Å². The lowest BCUT2D eigenvalue weighted by molar-refractivity contribution is 0.0209. The largest absolute Gasteiger partial charge is 0.379 e. The molecule has 2 atom stereocenters. The van der Waals surface area contributed by atoms with E-state index in [1.54, 1.807) is 6.20 Å². The molecule has 0 bridgehead atoms.